The number of alkyl halides is 3. The second-order valence-corrected chi connectivity index (χ2v) is 6.96. The van der Waals surface area contributed by atoms with Gasteiger partial charge in [0.25, 0.3) is 0 Å². The van der Waals surface area contributed by atoms with Crippen molar-refractivity contribution >= 4 is 5.91 Å². The number of hydrogen-bond donors (Lipinski definition) is 1. The molecule has 1 aliphatic heterocycles. The van der Waals surface area contributed by atoms with E-state index in [0.717, 1.165) is 25.0 Å². The third kappa shape index (κ3) is 2.53. The molecule has 126 valence electrons. The number of fused-ring (bicyclic) bond motifs is 1. The van der Waals surface area contributed by atoms with Gasteiger partial charge in [0.15, 0.2) is 0 Å². The Hall–Kier alpha value is -1.56. The second kappa shape index (κ2) is 5.23. The van der Waals surface area contributed by atoms with Crippen LogP contribution in [-0.4, -0.2) is 28.6 Å². The molecule has 0 aromatic heterocycles. The quantitative estimate of drug-likeness (QED) is 0.859. The van der Waals surface area contributed by atoms with Crippen molar-refractivity contribution in [2.45, 2.75) is 56.8 Å². The van der Waals surface area contributed by atoms with Gasteiger partial charge in [0.1, 0.15) is 0 Å². The molecule has 3 nitrogen and oxygen atoms in total. The average molecular weight is 327 g/mol. The molecule has 2 atom stereocenters. The summed E-state index contributed by atoms with van der Waals surface area (Å²) in [4.78, 5) is 13.8. The Labute approximate surface area is 133 Å². The summed E-state index contributed by atoms with van der Waals surface area (Å²) in [7, 11) is 0. The van der Waals surface area contributed by atoms with E-state index in [1.165, 1.54) is 6.07 Å². The molecule has 0 spiro atoms. The Morgan fingerprint density at radius 3 is 2.57 bits per heavy atom. The number of likely N-dealkylation sites (tertiary alicyclic amines) is 1. The lowest BCUT2D eigenvalue weighted by molar-refractivity contribution is -0.139. The van der Waals surface area contributed by atoms with Crippen molar-refractivity contribution in [3.63, 3.8) is 0 Å². The third-order valence-corrected chi connectivity index (χ3v) is 5.13. The van der Waals surface area contributed by atoms with Gasteiger partial charge in [0, 0.05) is 18.4 Å². The molecule has 1 aliphatic carbocycles. The first-order chi connectivity index (χ1) is 10.6. The van der Waals surface area contributed by atoms with Gasteiger partial charge in [-0.15, -0.1) is 0 Å². The van der Waals surface area contributed by atoms with E-state index in [1.807, 2.05) is 0 Å². The third-order valence-electron chi connectivity index (χ3n) is 5.13. The minimum atomic E-state index is -4.44. The number of carbonyl (C=O) groups excluding carboxylic acids is 1. The maximum atomic E-state index is 13.0. The molecule has 1 N–H and O–H groups in total. The van der Waals surface area contributed by atoms with Crippen molar-refractivity contribution in [1.29, 1.82) is 0 Å². The van der Waals surface area contributed by atoms with Gasteiger partial charge in [-0.3, -0.25) is 4.79 Å². The van der Waals surface area contributed by atoms with Gasteiger partial charge in [0.05, 0.1) is 17.7 Å². The SMILES string of the molecule is CC1(C)c2ccc(C(F)(F)F)cc2[C@@H](N2CCCCC2=O)[C@@H]1O. The largest absolute Gasteiger partial charge is 0.416 e. The molecule has 1 heterocycles. The standard InChI is InChI=1S/C17H20F3NO2/c1-16(2)12-7-6-10(17(18,19)20)9-11(12)14(15(16)23)21-8-4-3-5-13(21)22/h6-7,9,14-15,23H,3-5,8H2,1-2H3/t14-,15+/m1/s1. The van der Waals surface area contributed by atoms with Crippen LogP contribution in [0.3, 0.4) is 0 Å². The molecule has 1 aromatic carbocycles. The fraction of sp³-hybridized carbons (Fsp3) is 0.588. The number of halogens is 3. The van der Waals surface area contributed by atoms with Crippen molar-refractivity contribution in [3.05, 3.63) is 34.9 Å². The summed E-state index contributed by atoms with van der Waals surface area (Å²) in [6, 6.07) is 2.89. The number of amides is 1. The summed E-state index contributed by atoms with van der Waals surface area (Å²) in [6.07, 6.45) is -3.37. The number of rotatable bonds is 1. The molecule has 0 unspecified atom stereocenters. The molecule has 23 heavy (non-hydrogen) atoms. The highest BCUT2D eigenvalue weighted by atomic mass is 19.4. The lowest BCUT2D eigenvalue weighted by Crippen LogP contribution is -2.44. The molecular formula is C17H20F3NO2. The highest BCUT2D eigenvalue weighted by Crippen LogP contribution is 2.49. The van der Waals surface area contributed by atoms with Gasteiger partial charge in [0.2, 0.25) is 5.91 Å². The fourth-order valence-corrected chi connectivity index (χ4v) is 3.75. The molecule has 1 aromatic rings. The van der Waals surface area contributed by atoms with Crippen LogP contribution < -0.4 is 0 Å². The summed E-state index contributed by atoms with van der Waals surface area (Å²) in [5.74, 6) is -0.0960. The Bertz CT molecular complexity index is 639. The Kier molecular flexibility index (Phi) is 3.71. The normalized spacial score (nSPS) is 27.2. The van der Waals surface area contributed by atoms with Crippen LogP contribution in [0, 0.1) is 0 Å². The zero-order chi connectivity index (χ0) is 17.0. The summed E-state index contributed by atoms with van der Waals surface area (Å²) < 4.78 is 39.1. The molecule has 0 radical (unpaired) electrons. The number of nitrogens with zero attached hydrogens (tertiary/aromatic N) is 1. The Balaban J connectivity index is 2.11. The van der Waals surface area contributed by atoms with E-state index in [-0.39, 0.29) is 5.91 Å². The van der Waals surface area contributed by atoms with Crippen LogP contribution in [0.5, 0.6) is 0 Å². The van der Waals surface area contributed by atoms with Crippen LogP contribution >= 0.6 is 0 Å². The lowest BCUT2D eigenvalue weighted by atomic mass is 9.84. The predicted molar refractivity (Wildman–Crippen MR) is 78.8 cm³/mol. The minimum absolute atomic E-state index is 0.0960. The van der Waals surface area contributed by atoms with Gasteiger partial charge in [-0.1, -0.05) is 19.9 Å². The van der Waals surface area contributed by atoms with Gasteiger partial charge < -0.3 is 10.0 Å². The van der Waals surface area contributed by atoms with Crippen molar-refractivity contribution in [1.82, 2.24) is 4.90 Å². The minimum Gasteiger partial charge on any atom is -0.390 e. The van der Waals surface area contributed by atoms with Crippen LogP contribution in [0.2, 0.25) is 0 Å². The average Bonchev–Trinajstić information content (AvgIpc) is 2.66. The first kappa shape index (κ1) is 16.3. The van der Waals surface area contributed by atoms with E-state index in [4.69, 9.17) is 0 Å². The first-order valence-electron chi connectivity index (χ1n) is 7.83. The van der Waals surface area contributed by atoms with E-state index in [9.17, 15) is 23.1 Å². The number of aliphatic hydroxyl groups excluding tert-OH is 1. The van der Waals surface area contributed by atoms with Crippen LogP contribution in [0.1, 0.15) is 55.8 Å². The van der Waals surface area contributed by atoms with E-state index in [0.29, 0.717) is 24.1 Å². The maximum absolute atomic E-state index is 13.0. The smallest absolute Gasteiger partial charge is 0.390 e. The number of aliphatic hydroxyl groups is 1. The summed E-state index contributed by atoms with van der Waals surface area (Å²) >= 11 is 0. The van der Waals surface area contributed by atoms with Crippen molar-refractivity contribution in [3.8, 4) is 0 Å². The van der Waals surface area contributed by atoms with Crippen molar-refractivity contribution in [2.24, 2.45) is 0 Å². The number of piperidine rings is 1. The van der Waals surface area contributed by atoms with Crippen LogP contribution in [0.25, 0.3) is 0 Å². The number of hydrogen-bond acceptors (Lipinski definition) is 2. The highest BCUT2D eigenvalue weighted by molar-refractivity contribution is 5.78. The van der Waals surface area contributed by atoms with E-state index < -0.39 is 29.3 Å². The topological polar surface area (TPSA) is 40.5 Å². The van der Waals surface area contributed by atoms with Crippen molar-refractivity contribution in [2.75, 3.05) is 6.54 Å². The van der Waals surface area contributed by atoms with Gasteiger partial charge in [-0.2, -0.15) is 13.2 Å². The molecule has 1 amide bonds. The molecule has 6 heteroatoms. The zero-order valence-corrected chi connectivity index (χ0v) is 13.2. The molecule has 0 saturated carbocycles. The van der Waals surface area contributed by atoms with Crippen molar-refractivity contribution < 1.29 is 23.1 Å². The van der Waals surface area contributed by atoms with E-state index >= 15 is 0 Å². The monoisotopic (exact) mass is 327 g/mol. The zero-order valence-electron chi connectivity index (χ0n) is 13.2. The van der Waals surface area contributed by atoms with Gasteiger partial charge >= 0.3 is 6.18 Å². The summed E-state index contributed by atoms with van der Waals surface area (Å²) in [5.41, 5.74) is -0.327. The van der Waals surface area contributed by atoms with E-state index in [2.05, 4.69) is 0 Å². The highest BCUT2D eigenvalue weighted by Gasteiger charge is 2.50. The van der Waals surface area contributed by atoms with Crippen LogP contribution in [0.15, 0.2) is 18.2 Å². The summed E-state index contributed by atoms with van der Waals surface area (Å²) in [5, 5.41) is 10.7. The fourth-order valence-electron chi connectivity index (χ4n) is 3.75. The molecule has 2 aliphatic rings. The molecular weight excluding hydrogens is 307 g/mol. The summed E-state index contributed by atoms with van der Waals surface area (Å²) in [6.45, 7) is 4.09. The molecule has 1 saturated heterocycles. The number of carbonyl (C=O) groups is 1. The second-order valence-electron chi connectivity index (χ2n) is 6.96. The molecule has 3 rings (SSSR count). The molecule has 0 bridgehead atoms. The van der Waals surface area contributed by atoms with E-state index in [1.54, 1.807) is 18.7 Å². The maximum Gasteiger partial charge on any atom is 0.416 e. The van der Waals surface area contributed by atoms with Gasteiger partial charge in [-0.25, -0.2) is 0 Å². The predicted octanol–water partition coefficient (Wildman–Crippen LogP) is 3.41. The van der Waals surface area contributed by atoms with Crippen LogP contribution in [-0.2, 0) is 16.4 Å². The first-order valence-corrected chi connectivity index (χ1v) is 7.83. The van der Waals surface area contributed by atoms with Gasteiger partial charge in [-0.05, 0) is 36.1 Å². The Morgan fingerprint density at radius 2 is 1.96 bits per heavy atom. The number of benzene rings is 1. The molecule has 1 fully saturated rings. The van der Waals surface area contributed by atoms with Crippen LogP contribution in [0.4, 0.5) is 13.2 Å². The lowest BCUT2D eigenvalue weighted by Gasteiger charge is -2.37. The Morgan fingerprint density at radius 1 is 1.26 bits per heavy atom.